The highest BCUT2D eigenvalue weighted by atomic mass is 16.2. The second kappa shape index (κ2) is 5.12. The van der Waals surface area contributed by atoms with Gasteiger partial charge in [-0.05, 0) is 26.3 Å². The van der Waals surface area contributed by atoms with E-state index in [0.717, 1.165) is 6.42 Å². The van der Waals surface area contributed by atoms with Crippen LogP contribution in [-0.4, -0.2) is 46.5 Å². The van der Waals surface area contributed by atoms with Gasteiger partial charge in [-0.15, -0.1) is 0 Å². The van der Waals surface area contributed by atoms with Gasteiger partial charge in [-0.2, -0.15) is 10.2 Å². The summed E-state index contributed by atoms with van der Waals surface area (Å²) in [6.45, 7) is 4.85. The lowest BCUT2D eigenvalue weighted by atomic mass is 10.1. The maximum Gasteiger partial charge on any atom is 0.256 e. The van der Waals surface area contributed by atoms with Crippen LogP contribution >= 0.6 is 0 Å². The van der Waals surface area contributed by atoms with Crippen molar-refractivity contribution in [2.75, 3.05) is 19.6 Å². The van der Waals surface area contributed by atoms with Gasteiger partial charge in [-0.25, -0.2) is 0 Å². The van der Waals surface area contributed by atoms with Gasteiger partial charge in [0, 0.05) is 13.1 Å². The monoisotopic (exact) mass is 248 g/mol. The van der Waals surface area contributed by atoms with Crippen LogP contribution in [0.2, 0.25) is 0 Å². The van der Waals surface area contributed by atoms with E-state index in [-0.39, 0.29) is 18.4 Å². The van der Waals surface area contributed by atoms with Crippen LogP contribution in [0.15, 0.2) is 6.07 Å². The summed E-state index contributed by atoms with van der Waals surface area (Å²) in [5, 5.41) is 10.6. The Labute approximate surface area is 105 Å². The molecule has 1 N–H and O–H groups in total. The summed E-state index contributed by atoms with van der Waals surface area (Å²) < 4.78 is 0. The van der Waals surface area contributed by atoms with Crippen LogP contribution in [0, 0.1) is 13.8 Å². The lowest BCUT2D eigenvalue weighted by Crippen LogP contribution is -2.37. The molecule has 6 heteroatoms. The second-order valence-electron chi connectivity index (χ2n) is 4.42. The number of rotatable bonds is 1. The Bertz CT molecular complexity index is 487. The van der Waals surface area contributed by atoms with E-state index in [0.29, 0.717) is 30.0 Å². The largest absolute Gasteiger partial charge is 0.354 e. The van der Waals surface area contributed by atoms with E-state index in [1.807, 2.05) is 0 Å². The highest BCUT2D eigenvalue weighted by molar-refractivity contribution is 5.97. The van der Waals surface area contributed by atoms with Crippen LogP contribution < -0.4 is 5.32 Å². The molecule has 0 saturated carbocycles. The molecule has 1 saturated heterocycles. The Hall–Kier alpha value is -1.98. The summed E-state index contributed by atoms with van der Waals surface area (Å²) in [7, 11) is 0. The number of carbonyl (C=O) groups is 2. The molecular formula is C12H16N4O2. The first-order chi connectivity index (χ1) is 8.58. The zero-order valence-electron chi connectivity index (χ0n) is 10.6. The van der Waals surface area contributed by atoms with Gasteiger partial charge in [0.05, 0.1) is 23.5 Å². The third-order valence-corrected chi connectivity index (χ3v) is 2.88. The average molecular weight is 248 g/mol. The van der Waals surface area contributed by atoms with Crippen molar-refractivity contribution in [1.82, 2.24) is 20.4 Å². The molecule has 2 rings (SSSR count). The fraction of sp³-hybridized carbons (Fsp3) is 0.500. The van der Waals surface area contributed by atoms with Crippen molar-refractivity contribution in [3.05, 3.63) is 23.0 Å². The van der Waals surface area contributed by atoms with Crippen LogP contribution in [0.4, 0.5) is 0 Å². The lowest BCUT2D eigenvalue weighted by Gasteiger charge is -2.19. The molecule has 0 bridgehead atoms. The third kappa shape index (κ3) is 2.64. The highest BCUT2D eigenvalue weighted by Crippen LogP contribution is 2.10. The zero-order chi connectivity index (χ0) is 13.1. The molecule has 18 heavy (non-hydrogen) atoms. The zero-order valence-corrected chi connectivity index (χ0v) is 10.6. The lowest BCUT2D eigenvalue weighted by molar-refractivity contribution is -0.121. The van der Waals surface area contributed by atoms with Gasteiger partial charge in [0.15, 0.2) is 0 Å². The molecule has 2 amide bonds. The van der Waals surface area contributed by atoms with E-state index in [1.165, 1.54) is 0 Å². The molecule has 0 aromatic carbocycles. The fourth-order valence-corrected chi connectivity index (χ4v) is 1.92. The van der Waals surface area contributed by atoms with E-state index in [2.05, 4.69) is 15.5 Å². The number of hydrogen-bond acceptors (Lipinski definition) is 4. The molecular weight excluding hydrogens is 232 g/mol. The minimum atomic E-state index is -0.150. The number of aryl methyl sites for hydroxylation is 2. The first-order valence-corrected chi connectivity index (χ1v) is 5.95. The standard InChI is InChI=1S/C12H16N4O2/c1-8-6-10(9(2)15-14-8)12(18)16-5-3-4-13-11(17)7-16/h6H,3-5,7H2,1-2H3,(H,13,17). The van der Waals surface area contributed by atoms with Gasteiger partial charge in [0.1, 0.15) is 0 Å². The van der Waals surface area contributed by atoms with Crippen LogP contribution in [-0.2, 0) is 4.79 Å². The summed E-state index contributed by atoms with van der Waals surface area (Å²) in [5.74, 6) is -0.264. The fourth-order valence-electron chi connectivity index (χ4n) is 1.92. The summed E-state index contributed by atoms with van der Waals surface area (Å²) in [6, 6.07) is 1.72. The number of aromatic nitrogens is 2. The normalized spacial score (nSPS) is 16.1. The number of nitrogens with one attached hydrogen (secondary N) is 1. The van der Waals surface area contributed by atoms with Crippen LogP contribution in [0.5, 0.6) is 0 Å². The predicted molar refractivity (Wildman–Crippen MR) is 65.0 cm³/mol. The van der Waals surface area contributed by atoms with Crippen molar-refractivity contribution >= 4 is 11.8 Å². The topological polar surface area (TPSA) is 75.2 Å². The molecule has 0 unspecified atom stereocenters. The maximum atomic E-state index is 12.3. The van der Waals surface area contributed by atoms with E-state index >= 15 is 0 Å². The van der Waals surface area contributed by atoms with Crippen molar-refractivity contribution in [2.45, 2.75) is 20.3 Å². The molecule has 0 aliphatic carbocycles. The van der Waals surface area contributed by atoms with Crippen molar-refractivity contribution in [3.8, 4) is 0 Å². The molecule has 2 heterocycles. The molecule has 1 aliphatic heterocycles. The number of nitrogens with zero attached hydrogens (tertiary/aromatic N) is 3. The molecule has 1 aromatic heterocycles. The Balaban J connectivity index is 2.24. The van der Waals surface area contributed by atoms with Crippen LogP contribution in [0.25, 0.3) is 0 Å². The first kappa shape index (κ1) is 12.5. The summed E-state index contributed by atoms with van der Waals surface area (Å²) in [6.07, 6.45) is 0.772. The third-order valence-electron chi connectivity index (χ3n) is 2.88. The summed E-state index contributed by atoms with van der Waals surface area (Å²) >= 11 is 0. The number of carbonyl (C=O) groups excluding carboxylic acids is 2. The molecule has 96 valence electrons. The van der Waals surface area contributed by atoms with E-state index < -0.39 is 0 Å². The van der Waals surface area contributed by atoms with Gasteiger partial charge in [0.2, 0.25) is 5.91 Å². The van der Waals surface area contributed by atoms with Crippen LogP contribution in [0.3, 0.4) is 0 Å². The van der Waals surface area contributed by atoms with Gasteiger partial charge < -0.3 is 10.2 Å². The van der Waals surface area contributed by atoms with Crippen molar-refractivity contribution in [1.29, 1.82) is 0 Å². The van der Waals surface area contributed by atoms with E-state index in [4.69, 9.17) is 0 Å². The smallest absolute Gasteiger partial charge is 0.256 e. The molecule has 1 fully saturated rings. The predicted octanol–water partition coefficient (Wildman–Crippen LogP) is 0.0555. The summed E-state index contributed by atoms with van der Waals surface area (Å²) in [5.41, 5.74) is 1.82. The van der Waals surface area contributed by atoms with Gasteiger partial charge in [0.25, 0.3) is 5.91 Å². The minimum absolute atomic E-state index is 0.111. The molecule has 6 nitrogen and oxygen atoms in total. The number of amides is 2. The van der Waals surface area contributed by atoms with Gasteiger partial charge in [-0.1, -0.05) is 0 Å². The Morgan fingerprint density at radius 3 is 2.94 bits per heavy atom. The van der Waals surface area contributed by atoms with Gasteiger partial charge in [-0.3, -0.25) is 9.59 Å². The average Bonchev–Trinajstić information content (AvgIpc) is 2.56. The number of hydrogen-bond donors (Lipinski definition) is 1. The van der Waals surface area contributed by atoms with E-state index in [1.54, 1.807) is 24.8 Å². The second-order valence-corrected chi connectivity index (χ2v) is 4.42. The molecule has 0 radical (unpaired) electrons. The highest BCUT2D eigenvalue weighted by Gasteiger charge is 2.22. The minimum Gasteiger partial charge on any atom is -0.354 e. The quantitative estimate of drug-likeness (QED) is 0.762. The Kier molecular flexibility index (Phi) is 3.55. The maximum absolute atomic E-state index is 12.3. The van der Waals surface area contributed by atoms with Crippen LogP contribution in [0.1, 0.15) is 28.2 Å². The van der Waals surface area contributed by atoms with Crippen molar-refractivity contribution in [3.63, 3.8) is 0 Å². The Morgan fingerprint density at radius 1 is 1.39 bits per heavy atom. The molecule has 1 aliphatic rings. The van der Waals surface area contributed by atoms with Gasteiger partial charge >= 0.3 is 0 Å². The van der Waals surface area contributed by atoms with E-state index in [9.17, 15) is 9.59 Å². The summed E-state index contributed by atoms with van der Waals surface area (Å²) in [4.78, 5) is 25.4. The van der Waals surface area contributed by atoms with Crippen molar-refractivity contribution in [2.24, 2.45) is 0 Å². The molecule has 0 atom stereocenters. The first-order valence-electron chi connectivity index (χ1n) is 5.95. The molecule has 1 aromatic rings. The van der Waals surface area contributed by atoms with Crippen molar-refractivity contribution < 1.29 is 9.59 Å². The molecule has 0 spiro atoms. The Morgan fingerprint density at radius 2 is 2.17 bits per heavy atom. The SMILES string of the molecule is Cc1cc(C(=O)N2CCCNC(=O)C2)c(C)nn1.